The largest absolute Gasteiger partial charge is 0.502 e. The van der Waals surface area contributed by atoms with Crippen molar-refractivity contribution in [2.75, 3.05) is 20.6 Å². The molecule has 3 rings (SSSR count). The van der Waals surface area contributed by atoms with Crippen molar-refractivity contribution in [3.63, 3.8) is 0 Å². The lowest BCUT2D eigenvalue weighted by Crippen LogP contribution is -2.35. The van der Waals surface area contributed by atoms with E-state index in [1.165, 1.54) is 28.8 Å². The lowest BCUT2D eigenvalue weighted by Gasteiger charge is -2.21. The van der Waals surface area contributed by atoms with Gasteiger partial charge in [-0.15, -0.1) is 0 Å². The third kappa shape index (κ3) is 18.7. The maximum atomic E-state index is 12.6. The summed E-state index contributed by atoms with van der Waals surface area (Å²) in [5, 5.41) is 13.0. The van der Waals surface area contributed by atoms with Gasteiger partial charge in [0.05, 0.1) is 6.20 Å². The highest BCUT2D eigenvalue weighted by Gasteiger charge is 2.29. The molecular formula is C36H52ClN4O6S2+. The van der Waals surface area contributed by atoms with Gasteiger partial charge in [0.2, 0.25) is 5.91 Å². The van der Waals surface area contributed by atoms with Crippen LogP contribution in [0.5, 0.6) is 0 Å². The predicted octanol–water partition coefficient (Wildman–Crippen LogP) is 6.59. The highest BCUT2D eigenvalue weighted by molar-refractivity contribution is 7.78. The Morgan fingerprint density at radius 2 is 1.71 bits per heavy atom. The summed E-state index contributed by atoms with van der Waals surface area (Å²) in [5.74, 6) is -0.946. The SMILES string of the molecule is CC(C)NC(=O)/C(O)=C/N(S)C(=O)/C(CC1CCCCC1)=[N+](/C)S.CCC(=O)N(C)CCc1ccccc1.O=COCc1cccc(Cl)c1. The number of carbonyl (C=O) groups excluding carboxylic acids is 4. The fourth-order valence-corrected chi connectivity index (χ4v) is 5.42. The molecule has 13 heteroatoms. The zero-order chi connectivity index (χ0) is 36.8. The standard InChI is InChI=1S/C16H27N3O3S2.C12H17NO.C8H7ClO2/c1-11(2)17-15(21)14(20)10-19(24)16(22)13(18(3)23)9-12-7-5-4-6-8-12;1-3-12(14)13(2)10-9-11-7-5-4-6-8-11;9-8-3-1-2-7(4-8)5-11-6-10/h10-12,24H,4-9H2,1-3H3,(H2-,17,20,21,22,23);4-8H,3,9-10H2,1-2H3;1-4,6H,5H2/p+1/b14-10-;;. The third-order valence-corrected chi connectivity index (χ3v) is 8.24. The van der Waals surface area contributed by atoms with E-state index in [1.54, 1.807) is 37.9 Å². The van der Waals surface area contributed by atoms with Gasteiger partial charge in [-0.2, -0.15) is 3.98 Å². The summed E-state index contributed by atoms with van der Waals surface area (Å²) in [6.07, 6.45) is 8.97. The maximum absolute atomic E-state index is 12.6. The number of ether oxygens (including phenoxy) is 1. The summed E-state index contributed by atoms with van der Waals surface area (Å²) in [6, 6.07) is 17.3. The number of thiol groups is 2. The first-order chi connectivity index (χ1) is 23.3. The van der Waals surface area contributed by atoms with Gasteiger partial charge in [-0.3, -0.25) is 23.5 Å². The van der Waals surface area contributed by atoms with Crippen molar-refractivity contribution in [3.05, 3.63) is 82.7 Å². The summed E-state index contributed by atoms with van der Waals surface area (Å²) in [5.41, 5.74) is 2.67. The van der Waals surface area contributed by atoms with E-state index in [2.05, 4.69) is 47.8 Å². The number of aliphatic hydroxyl groups is 1. The molecule has 0 atom stereocenters. The number of nitrogens with one attached hydrogen (secondary N) is 1. The van der Waals surface area contributed by atoms with E-state index in [9.17, 15) is 24.3 Å². The van der Waals surface area contributed by atoms with E-state index < -0.39 is 17.6 Å². The van der Waals surface area contributed by atoms with Crippen LogP contribution in [0.2, 0.25) is 5.02 Å². The summed E-state index contributed by atoms with van der Waals surface area (Å²) in [7, 11) is 3.55. The Morgan fingerprint density at radius 3 is 2.27 bits per heavy atom. The fraction of sp³-hybridized carbons (Fsp3) is 0.472. The van der Waals surface area contributed by atoms with Crippen LogP contribution in [0.15, 0.2) is 66.6 Å². The molecule has 0 aliphatic heterocycles. The number of benzene rings is 2. The van der Waals surface area contributed by atoms with Crippen LogP contribution >= 0.6 is 37.2 Å². The molecule has 2 N–H and O–H groups in total. The normalized spacial score (nSPS) is 13.4. The number of hydrogen-bond donors (Lipinski definition) is 4. The molecule has 1 saturated carbocycles. The molecule has 270 valence electrons. The molecule has 0 aromatic heterocycles. The van der Waals surface area contributed by atoms with Crippen LogP contribution in [0.4, 0.5) is 0 Å². The average Bonchev–Trinajstić information content (AvgIpc) is 3.09. The van der Waals surface area contributed by atoms with E-state index in [4.69, 9.17) is 11.6 Å². The predicted molar refractivity (Wildman–Crippen MR) is 202 cm³/mol. The second-order valence-corrected chi connectivity index (χ2v) is 13.4. The Labute approximate surface area is 307 Å². The van der Waals surface area contributed by atoms with Gasteiger partial charge in [-0.25, -0.2) is 0 Å². The van der Waals surface area contributed by atoms with E-state index >= 15 is 0 Å². The van der Waals surface area contributed by atoms with Crippen LogP contribution in [-0.2, 0) is 36.9 Å². The second-order valence-electron chi connectivity index (χ2n) is 11.9. The molecule has 1 aliphatic rings. The van der Waals surface area contributed by atoms with Crippen molar-refractivity contribution in [2.24, 2.45) is 5.92 Å². The smallest absolute Gasteiger partial charge is 0.328 e. The van der Waals surface area contributed by atoms with Gasteiger partial charge in [-0.05, 0) is 62.3 Å². The minimum Gasteiger partial charge on any atom is -0.502 e. The summed E-state index contributed by atoms with van der Waals surface area (Å²) in [4.78, 5) is 47.1. The summed E-state index contributed by atoms with van der Waals surface area (Å²) in [6.45, 7) is 6.95. The van der Waals surface area contributed by atoms with Gasteiger partial charge >= 0.3 is 5.91 Å². The van der Waals surface area contributed by atoms with Crippen LogP contribution in [-0.4, -0.2) is 74.9 Å². The van der Waals surface area contributed by atoms with Crippen molar-refractivity contribution < 1.29 is 33.0 Å². The Morgan fingerprint density at radius 1 is 1.08 bits per heavy atom. The van der Waals surface area contributed by atoms with Gasteiger partial charge in [0.25, 0.3) is 18.1 Å². The molecule has 0 radical (unpaired) electrons. The average molecular weight is 736 g/mol. The number of halogens is 1. The molecule has 2 aromatic rings. The lowest BCUT2D eigenvalue weighted by molar-refractivity contribution is -0.303. The molecular weight excluding hydrogens is 684 g/mol. The molecule has 0 heterocycles. The van der Waals surface area contributed by atoms with Crippen molar-refractivity contribution in [2.45, 2.75) is 84.8 Å². The second kappa shape index (κ2) is 24.6. The minimum atomic E-state index is -0.648. The number of amides is 3. The first-order valence-corrected chi connectivity index (χ1v) is 17.6. The quantitative estimate of drug-likeness (QED) is 0.0461. The van der Waals surface area contributed by atoms with Crippen molar-refractivity contribution in [3.8, 4) is 0 Å². The first kappa shape index (κ1) is 43.5. The number of aliphatic hydroxyl groups excluding tert-OH is 1. The Bertz CT molecular complexity index is 1380. The number of hydrogen-bond acceptors (Lipinski definition) is 8. The van der Waals surface area contributed by atoms with Crippen molar-refractivity contribution >= 4 is 67.1 Å². The van der Waals surface area contributed by atoms with E-state index in [0.29, 0.717) is 36.0 Å². The molecule has 0 spiro atoms. The molecule has 0 unspecified atom stereocenters. The molecule has 0 bridgehead atoms. The summed E-state index contributed by atoms with van der Waals surface area (Å²) < 4.78 is 6.95. The number of nitrogens with zero attached hydrogens (tertiary/aromatic N) is 3. The molecule has 1 aliphatic carbocycles. The number of rotatable bonds is 13. The monoisotopic (exact) mass is 735 g/mol. The zero-order valence-corrected chi connectivity index (χ0v) is 31.7. The number of carbonyl (C=O) groups is 4. The van der Waals surface area contributed by atoms with Gasteiger partial charge in [0.15, 0.2) is 5.76 Å². The Balaban J connectivity index is 0.000000404. The zero-order valence-electron chi connectivity index (χ0n) is 29.2. The van der Waals surface area contributed by atoms with E-state index in [0.717, 1.165) is 41.9 Å². The molecule has 10 nitrogen and oxygen atoms in total. The highest BCUT2D eigenvalue weighted by Crippen LogP contribution is 2.27. The number of likely N-dealkylation sites (N-methyl/N-ethyl adjacent to an activating group) is 1. The van der Waals surface area contributed by atoms with Crippen LogP contribution < -0.4 is 5.32 Å². The van der Waals surface area contributed by atoms with E-state index in [1.807, 2.05) is 44.3 Å². The Hall–Kier alpha value is -3.48. The van der Waals surface area contributed by atoms with Crippen LogP contribution in [0.25, 0.3) is 0 Å². The molecule has 49 heavy (non-hydrogen) atoms. The highest BCUT2D eigenvalue weighted by atomic mass is 35.5. The van der Waals surface area contributed by atoms with Gasteiger partial charge < -0.3 is 20.1 Å². The Kier molecular flexibility index (Phi) is 21.9. The molecule has 2 aromatic carbocycles. The minimum absolute atomic E-state index is 0.117. The summed E-state index contributed by atoms with van der Waals surface area (Å²) >= 11 is 14.0. The van der Waals surface area contributed by atoms with Crippen LogP contribution in [0.3, 0.4) is 0 Å². The molecule has 3 amide bonds. The van der Waals surface area contributed by atoms with Crippen LogP contribution in [0.1, 0.15) is 76.8 Å². The maximum Gasteiger partial charge on any atom is 0.328 e. The van der Waals surface area contributed by atoms with Gasteiger partial charge in [-0.1, -0.05) is 93.1 Å². The van der Waals surface area contributed by atoms with Gasteiger partial charge in [0, 0.05) is 37.5 Å². The third-order valence-electron chi connectivity index (χ3n) is 7.46. The van der Waals surface area contributed by atoms with Gasteiger partial charge in [0.1, 0.15) is 26.5 Å². The molecule has 0 saturated heterocycles. The first-order valence-electron chi connectivity index (χ1n) is 16.4. The fourth-order valence-electron chi connectivity index (χ4n) is 4.82. The topological polar surface area (TPSA) is 119 Å². The van der Waals surface area contributed by atoms with Crippen molar-refractivity contribution in [1.29, 1.82) is 0 Å². The van der Waals surface area contributed by atoms with E-state index in [-0.39, 0.29) is 18.6 Å². The lowest BCUT2D eigenvalue weighted by atomic mass is 9.85. The van der Waals surface area contributed by atoms with Crippen molar-refractivity contribution in [1.82, 2.24) is 14.5 Å². The van der Waals surface area contributed by atoms with Crippen LogP contribution in [0, 0.1) is 5.92 Å². The molecule has 1 fully saturated rings.